The van der Waals surface area contributed by atoms with Crippen molar-refractivity contribution in [3.8, 4) is 5.75 Å². The predicted molar refractivity (Wildman–Crippen MR) is 70.5 cm³/mol. The quantitative estimate of drug-likeness (QED) is 0.760. The first-order valence-electron chi connectivity index (χ1n) is 5.77. The van der Waals surface area contributed by atoms with E-state index in [0.29, 0.717) is 18.5 Å². The second-order valence-corrected chi connectivity index (χ2v) is 4.07. The van der Waals surface area contributed by atoms with Gasteiger partial charge in [-0.2, -0.15) is 17.6 Å². The largest absolute Gasteiger partial charge is 0.461 e. The Hall–Kier alpha value is -1.05. The second kappa shape index (κ2) is 8.28. The lowest BCUT2D eigenvalue weighted by Gasteiger charge is -2.17. The van der Waals surface area contributed by atoms with Crippen LogP contribution in [0.1, 0.15) is 24.4 Å². The summed E-state index contributed by atoms with van der Waals surface area (Å²) >= 11 is 0. The van der Waals surface area contributed by atoms with E-state index in [1.54, 1.807) is 0 Å². The summed E-state index contributed by atoms with van der Waals surface area (Å²) in [6, 6.07) is 5.05. The van der Waals surface area contributed by atoms with Crippen molar-refractivity contribution in [2.24, 2.45) is 11.5 Å². The number of halogens is 5. The van der Waals surface area contributed by atoms with Crippen LogP contribution in [0.2, 0.25) is 0 Å². The molecule has 116 valence electrons. The maximum absolute atomic E-state index is 12.6. The third-order valence-corrected chi connectivity index (χ3v) is 2.54. The first-order chi connectivity index (χ1) is 8.86. The van der Waals surface area contributed by atoms with E-state index in [1.165, 1.54) is 24.3 Å². The first-order valence-corrected chi connectivity index (χ1v) is 5.77. The molecule has 0 spiro atoms. The molecule has 8 heteroatoms. The van der Waals surface area contributed by atoms with E-state index in [-0.39, 0.29) is 24.2 Å². The Balaban J connectivity index is 0.00000361. The van der Waals surface area contributed by atoms with Crippen molar-refractivity contribution in [1.29, 1.82) is 0 Å². The average Bonchev–Trinajstić information content (AvgIpc) is 2.36. The minimum atomic E-state index is -4.50. The number of hydrogen-bond acceptors (Lipinski definition) is 3. The van der Waals surface area contributed by atoms with Crippen LogP contribution in [0.3, 0.4) is 0 Å². The molecule has 1 rings (SSSR count). The molecule has 0 radical (unpaired) electrons. The molecule has 4 N–H and O–H groups in total. The van der Waals surface area contributed by atoms with Gasteiger partial charge in [0.25, 0.3) is 0 Å². The van der Waals surface area contributed by atoms with Crippen LogP contribution in [0.25, 0.3) is 0 Å². The van der Waals surface area contributed by atoms with Gasteiger partial charge >= 0.3 is 12.5 Å². The van der Waals surface area contributed by atoms with Crippen LogP contribution in [0.5, 0.6) is 5.75 Å². The number of rotatable bonds is 7. The highest BCUT2D eigenvalue weighted by Crippen LogP contribution is 2.28. The Morgan fingerprint density at radius 2 is 1.70 bits per heavy atom. The van der Waals surface area contributed by atoms with Gasteiger partial charge < -0.3 is 16.2 Å². The third kappa shape index (κ3) is 5.52. The van der Waals surface area contributed by atoms with Crippen LogP contribution >= 0.6 is 12.4 Å². The van der Waals surface area contributed by atoms with E-state index in [4.69, 9.17) is 11.5 Å². The minimum Gasteiger partial charge on any atom is -0.428 e. The molecule has 0 aliphatic heterocycles. The Morgan fingerprint density at radius 3 is 2.15 bits per heavy atom. The van der Waals surface area contributed by atoms with Crippen molar-refractivity contribution >= 4 is 12.4 Å². The molecule has 0 heterocycles. The van der Waals surface area contributed by atoms with E-state index in [0.717, 1.165) is 6.42 Å². The van der Waals surface area contributed by atoms with E-state index in [9.17, 15) is 17.6 Å². The zero-order chi connectivity index (χ0) is 14.5. The Kier molecular flexibility index (Phi) is 7.85. The fourth-order valence-corrected chi connectivity index (χ4v) is 1.49. The summed E-state index contributed by atoms with van der Waals surface area (Å²) < 4.78 is 53.1. The lowest BCUT2D eigenvalue weighted by molar-refractivity contribution is -0.253. The van der Waals surface area contributed by atoms with Crippen LogP contribution in [0.4, 0.5) is 17.6 Å². The van der Waals surface area contributed by atoms with Crippen molar-refractivity contribution in [1.82, 2.24) is 0 Å². The molecular formula is C12H17ClF4N2O. The van der Waals surface area contributed by atoms with Crippen molar-refractivity contribution in [2.45, 2.75) is 31.4 Å². The number of nitrogens with two attached hydrogens (primary N) is 2. The van der Waals surface area contributed by atoms with Crippen molar-refractivity contribution in [2.75, 3.05) is 6.54 Å². The van der Waals surface area contributed by atoms with Gasteiger partial charge in [-0.25, -0.2) is 0 Å². The number of benzene rings is 1. The van der Waals surface area contributed by atoms with Crippen LogP contribution in [-0.2, 0) is 0 Å². The molecular weight excluding hydrogens is 300 g/mol. The monoisotopic (exact) mass is 316 g/mol. The molecule has 1 atom stereocenters. The van der Waals surface area contributed by atoms with E-state index in [2.05, 4.69) is 4.74 Å². The first kappa shape index (κ1) is 18.9. The van der Waals surface area contributed by atoms with Gasteiger partial charge in [0.15, 0.2) is 0 Å². The summed E-state index contributed by atoms with van der Waals surface area (Å²) in [5, 5.41) is 0. The fraction of sp³-hybridized carbons (Fsp3) is 0.500. The molecule has 0 bridgehead atoms. The van der Waals surface area contributed by atoms with E-state index >= 15 is 0 Å². The van der Waals surface area contributed by atoms with Crippen molar-refractivity contribution in [3.63, 3.8) is 0 Å². The fourth-order valence-electron chi connectivity index (χ4n) is 1.49. The number of hydrogen-bond donors (Lipinski definition) is 2. The molecule has 0 saturated carbocycles. The highest BCUT2D eigenvalue weighted by molar-refractivity contribution is 5.85. The van der Waals surface area contributed by atoms with E-state index in [1.807, 2.05) is 0 Å². The number of alkyl halides is 4. The summed E-state index contributed by atoms with van der Waals surface area (Å²) in [6.07, 6.45) is -6.98. The van der Waals surface area contributed by atoms with Crippen LogP contribution < -0.4 is 16.2 Å². The maximum atomic E-state index is 12.6. The summed E-state index contributed by atoms with van der Waals surface area (Å²) in [7, 11) is 0. The molecule has 0 amide bonds. The molecule has 0 saturated heterocycles. The van der Waals surface area contributed by atoms with Crippen LogP contribution in [0.15, 0.2) is 24.3 Å². The molecule has 0 aliphatic rings. The third-order valence-electron chi connectivity index (χ3n) is 2.54. The van der Waals surface area contributed by atoms with Crippen LogP contribution in [0, 0.1) is 0 Å². The summed E-state index contributed by atoms with van der Waals surface area (Å²) in [6.45, 7) is 0.509. The van der Waals surface area contributed by atoms with E-state index < -0.39 is 12.5 Å². The van der Waals surface area contributed by atoms with Gasteiger partial charge in [-0.15, -0.1) is 12.4 Å². The summed E-state index contributed by atoms with van der Waals surface area (Å²) in [5.74, 6) is -0.333. The standard InChI is InChI=1S/C12H16F4N2O.ClH/c13-11(14)12(15,16)19-9-5-3-8(4-6-9)10(18)2-1-7-17;/h3-6,10-11H,1-2,7,17-18H2;1H/t10-;/m1./s1. The average molecular weight is 317 g/mol. The molecule has 3 nitrogen and oxygen atoms in total. The predicted octanol–water partition coefficient (Wildman–Crippen LogP) is 3.08. The zero-order valence-electron chi connectivity index (χ0n) is 10.6. The summed E-state index contributed by atoms with van der Waals surface area (Å²) in [5.41, 5.74) is 11.9. The van der Waals surface area contributed by atoms with Crippen LogP contribution in [-0.4, -0.2) is 19.1 Å². The Morgan fingerprint density at radius 1 is 1.15 bits per heavy atom. The minimum absolute atomic E-state index is 0. The Labute approximate surface area is 120 Å². The molecule has 0 aromatic heterocycles. The lowest BCUT2D eigenvalue weighted by Crippen LogP contribution is -2.33. The van der Waals surface area contributed by atoms with Gasteiger partial charge in [0.2, 0.25) is 0 Å². The van der Waals surface area contributed by atoms with Gasteiger partial charge in [-0.05, 0) is 37.1 Å². The topological polar surface area (TPSA) is 61.3 Å². The highest BCUT2D eigenvalue weighted by atomic mass is 35.5. The molecule has 0 unspecified atom stereocenters. The van der Waals surface area contributed by atoms with Gasteiger partial charge in [-0.3, -0.25) is 0 Å². The SMILES string of the molecule is Cl.NCCC[C@@H](N)c1ccc(OC(F)(F)C(F)F)cc1. The molecule has 20 heavy (non-hydrogen) atoms. The van der Waals surface area contributed by atoms with Gasteiger partial charge in [0.05, 0.1) is 0 Å². The highest BCUT2D eigenvalue weighted by Gasteiger charge is 2.43. The van der Waals surface area contributed by atoms with Crippen molar-refractivity contribution < 1.29 is 22.3 Å². The molecule has 0 fully saturated rings. The maximum Gasteiger partial charge on any atom is 0.461 e. The zero-order valence-corrected chi connectivity index (χ0v) is 11.4. The van der Waals surface area contributed by atoms with Gasteiger partial charge in [0, 0.05) is 6.04 Å². The van der Waals surface area contributed by atoms with Crippen molar-refractivity contribution in [3.05, 3.63) is 29.8 Å². The lowest BCUT2D eigenvalue weighted by atomic mass is 10.0. The Bertz CT molecular complexity index is 390. The smallest absolute Gasteiger partial charge is 0.428 e. The normalized spacial score (nSPS) is 12.9. The molecule has 1 aromatic carbocycles. The molecule has 1 aromatic rings. The van der Waals surface area contributed by atoms with Gasteiger partial charge in [0.1, 0.15) is 5.75 Å². The molecule has 0 aliphatic carbocycles. The second-order valence-electron chi connectivity index (χ2n) is 4.07. The van der Waals surface area contributed by atoms with Gasteiger partial charge in [-0.1, -0.05) is 12.1 Å². The summed E-state index contributed by atoms with van der Waals surface area (Å²) in [4.78, 5) is 0. The number of ether oxygens (including phenoxy) is 1.